The molecule has 1 aliphatic rings. The van der Waals surface area contributed by atoms with Crippen molar-refractivity contribution in [3.05, 3.63) is 88.7 Å². The Balaban J connectivity index is 1.80. The average Bonchev–Trinajstić information content (AvgIpc) is 2.67. The molecule has 2 aromatic carbocycles. The monoisotopic (exact) mass is 415 g/mol. The smallest absolute Gasteiger partial charge is 0.335 e. The normalized spacial score (nSPS) is 18.9. The molecule has 150 valence electrons. The van der Waals surface area contributed by atoms with Crippen LogP contribution in [-0.4, -0.2) is 22.6 Å². The number of nitrogens with one attached hydrogen (secondary N) is 1. The quantitative estimate of drug-likeness (QED) is 0.617. The zero-order valence-electron chi connectivity index (χ0n) is 15.6. The van der Waals surface area contributed by atoms with Crippen molar-refractivity contribution in [1.82, 2.24) is 5.32 Å². The molecule has 0 radical (unpaired) electrons. The number of ether oxygens (including phenoxy) is 1. The lowest BCUT2D eigenvalue weighted by Gasteiger charge is -2.33. The van der Waals surface area contributed by atoms with Gasteiger partial charge in [0.15, 0.2) is 5.60 Å². The molecule has 0 aliphatic heterocycles. The minimum Gasteiger partial charge on any atom is -0.478 e. The van der Waals surface area contributed by atoms with Gasteiger partial charge >= 0.3 is 5.97 Å². The van der Waals surface area contributed by atoms with Crippen molar-refractivity contribution in [2.45, 2.75) is 25.0 Å². The van der Waals surface area contributed by atoms with E-state index in [9.17, 15) is 14.0 Å². The second-order valence-corrected chi connectivity index (χ2v) is 7.16. The van der Waals surface area contributed by atoms with Crippen molar-refractivity contribution in [1.29, 1.82) is 0 Å². The van der Waals surface area contributed by atoms with E-state index in [0.29, 0.717) is 17.8 Å². The lowest BCUT2D eigenvalue weighted by atomic mass is 9.89. The summed E-state index contributed by atoms with van der Waals surface area (Å²) in [6.45, 7) is 1.78. The Kier molecular flexibility index (Phi) is 6.03. The number of rotatable bonds is 7. The van der Waals surface area contributed by atoms with Crippen LogP contribution in [0.2, 0.25) is 5.02 Å². The molecule has 0 aromatic heterocycles. The second-order valence-electron chi connectivity index (χ2n) is 6.72. The van der Waals surface area contributed by atoms with Gasteiger partial charge in [0.1, 0.15) is 5.75 Å². The van der Waals surface area contributed by atoms with Crippen molar-refractivity contribution in [3.8, 4) is 5.75 Å². The first kappa shape index (κ1) is 20.6. The van der Waals surface area contributed by atoms with Gasteiger partial charge < -0.3 is 15.2 Å². The van der Waals surface area contributed by atoms with E-state index in [1.54, 1.807) is 37.3 Å². The van der Waals surface area contributed by atoms with Crippen LogP contribution in [0, 0.1) is 0 Å². The van der Waals surface area contributed by atoms with Crippen LogP contribution in [0.4, 0.5) is 4.39 Å². The number of carboxylic acids is 1. The van der Waals surface area contributed by atoms with Gasteiger partial charge in [-0.25, -0.2) is 9.18 Å². The third-order valence-corrected chi connectivity index (χ3v) is 4.91. The molecule has 2 N–H and O–H groups in total. The van der Waals surface area contributed by atoms with E-state index in [1.165, 1.54) is 24.3 Å². The van der Waals surface area contributed by atoms with Crippen molar-refractivity contribution in [2.75, 3.05) is 0 Å². The number of hydrogen-bond donors (Lipinski definition) is 2. The molecule has 0 unspecified atom stereocenters. The third-order valence-electron chi connectivity index (χ3n) is 4.67. The van der Waals surface area contributed by atoms with Crippen molar-refractivity contribution < 1.29 is 23.8 Å². The fraction of sp³-hybridized carbons (Fsp3) is 0.182. The molecular weight excluding hydrogens is 397 g/mol. The highest BCUT2D eigenvalue weighted by atomic mass is 35.5. The number of carbonyl (C=O) groups is 2. The minimum absolute atomic E-state index is 0.164. The summed E-state index contributed by atoms with van der Waals surface area (Å²) in [5, 5.41) is 12.2. The first-order valence-corrected chi connectivity index (χ1v) is 9.30. The SMILES string of the molecule is C[C@H](NC(=O)c1cc(Cl)ccc1O[C@]1(/C=C/F)C=CC1)c1ccc(C(=O)O)cc1. The summed E-state index contributed by atoms with van der Waals surface area (Å²) in [4.78, 5) is 23.8. The van der Waals surface area contributed by atoms with Crippen LogP contribution in [0.15, 0.2) is 67.0 Å². The fourth-order valence-electron chi connectivity index (χ4n) is 2.94. The van der Waals surface area contributed by atoms with Crippen LogP contribution >= 0.6 is 11.6 Å². The summed E-state index contributed by atoms with van der Waals surface area (Å²) in [5.41, 5.74) is 0.207. The molecule has 0 spiro atoms. The molecule has 0 bridgehead atoms. The number of halogens is 2. The van der Waals surface area contributed by atoms with Crippen molar-refractivity contribution >= 4 is 23.5 Å². The van der Waals surface area contributed by atoms with E-state index in [2.05, 4.69) is 5.32 Å². The maximum Gasteiger partial charge on any atom is 0.335 e. The second kappa shape index (κ2) is 8.49. The van der Waals surface area contributed by atoms with Crippen LogP contribution in [-0.2, 0) is 0 Å². The predicted molar refractivity (Wildman–Crippen MR) is 108 cm³/mol. The largest absolute Gasteiger partial charge is 0.478 e. The Hall–Kier alpha value is -3.12. The van der Waals surface area contributed by atoms with Crippen LogP contribution in [0.1, 0.15) is 45.7 Å². The highest BCUT2D eigenvalue weighted by Crippen LogP contribution is 2.34. The van der Waals surface area contributed by atoms with E-state index < -0.39 is 17.5 Å². The van der Waals surface area contributed by atoms with Gasteiger partial charge in [0.05, 0.1) is 23.5 Å². The predicted octanol–water partition coefficient (Wildman–Crippen LogP) is 5.09. The molecule has 0 fully saturated rings. The van der Waals surface area contributed by atoms with Crippen LogP contribution < -0.4 is 10.1 Å². The standard InChI is InChI=1S/C22H19ClFNO4/c1-14(15-3-5-16(6-4-15)21(27)28)25-20(26)18-13-17(23)7-8-19(18)29-22(11-12-24)9-2-10-22/h2-9,11-14H,10H2,1H3,(H,25,26)(H,27,28)/b12-11+/t14-,22+/m0/s1. The van der Waals surface area contributed by atoms with E-state index in [0.717, 1.165) is 5.56 Å². The molecule has 0 saturated heterocycles. The van der Waals surface area contributed by atoms with Gasteiger partial charge in [0.25, 0.3) is 5.91 Å². The molecule has 29 heavy (non-hydrogen) atoms. The highest BCUT2D eigenvalue weighted by Gasteiger charge is 2.32. The molecule has 3 rings (SSSR count). The summed E-state index contributed by atoms with van der Waals surface area (Å²) in [6.07, 6.45) is 5.76. The van der Waals surface area contributed by atoms with Gasteiger partial charge in [-0.1, -0.05) is 29.8 Å². The molecule has 1 aliphatic carbocycles. The first-order valence-electron chi connectivity index (χ1n) is 8.92. The molecule has 0 heterocycles. The number of carbonyl (C=O) groups excluding carboxylic acids is 1. The minimum atomic E-state index is -1.02. The van der Waals surface area contributed by atoms with Gasteiger partial charge in [-0.2, -0.15) is 0 Å². The molecule has 5 nitrogen and oxygen atoms in total. The Labute approximate surface area is 172 Å². The highest BCUT2D eigenvalue weighted by molar-refractivity contribution is 6.31. The zero-order chi connectivity index (χ0) is 21.0. The molecule has 2 aromatic rings. The van der Waals surface area contributed by atoms with E-state index >= 15 is 0 Å². The maximum atomic E-state index is 12.9. The first-order chi connectivity index (χ1) is 13.8. The van der Waals surface area contributed by atoms with Crippen LogP contribution in [0.5, 0.6) is 5.75 Å². The van der Waals surface area contributed by atoms with Gasteiger partial charge in [0.2, 0.25) is 0 Å². The number of carboxylic acid groups (broad SMARTS) is 1. The lowest BCUT2D eigenvalue weighted by molar-refractivity contribution is 0.0696. The molecule has 1 amide bonds. The van der Waals surface area contributed by atoms with Gasteiger partial charge in [-0.05, 0) is 55.0 Å². The summed E-state index contributed by atoms with van der Waals surface area (Å²) >= 11 is 6.06. The third kappa shape index (κ3) is 4.66. The summed E-state index contributed by atoms with van der Waals surface area (Å²) in [6, 6.07) is 10.5. The molecule has 2 atom stereocenters. The van der Waals surface area contributed by atoms with Gasteiger partial charge in [-0.3, -0.25) is 4.79 Å². The fourth-order valence-corrected chi connectivity index (χ4v) is 3.11. The summed E-state index contributed by atoms with van der Waals surface area (Å²) < 4.78 is 18.7. The number of amides is 1. The van der Waals surface area contributed by atoms with E-state index in [4.69, 9.17) is 21.4 Å². The van der Waals surface area contributed by atoms with Crippen molar-refractivity contribution in [3.63, 3.8) is 0 Å². The van der Waals surface area contributed by atoms with E-state index in [1.807, 2.05) is 6.08 Å². The number of aromatic carboxylic acids is 1. The number of hydrogen-bond acceptors (Lipinski definition) is 3. The Bertz CT molecular complexity index is 987. The van der Waals surface area contributed by atoms with Gasteiger partial charge in [-0.15, -0.1) is 0 Å². The average molecular weight is 416 g/mol. The van der Waals surface area contributed by atoms with E-state index in [-0.39, 0.29) is 22.9 Å². The maximum absolute atomic E-state index is 12.9. The topological polar surface area (TPSA) is 75.6 Å². The molecular formula is C22H19ClFNO4. The van der Waals surface area contributed by atoms with Crippen LogP contribution in [0.3, 0.4) is 0 Å². The van der Waals surface area contributed by atoms with Gasteiger partial charge in [0, 0.05) is 11.4 Å². The van der Waals surface area contributed by atoms with Crippen LogP contribution in [0.25, 0.3) is 0 Å². The molecule has 7 heteroatoms. The molecule has 0 saturated carbocycles. The van der Waals surface area contributed by atoms with Crippen molar-refractivity contribution in [2.24, 2.45) is 0 Å². The summed E-state index contributed by atoms with van der Waals surface area (Å²) in [7, 11) is 0. The Morgan fingerprint density at radius 2 is 1.97 bits per heavy atom. The zero-order valence-corrected chi connectivity index (χ0v) is 16.3. The lowest BCUT2D eigenvalue weighted by Crippen LogP contribution is -2.37. The Morgan fingerprint density at radius 3 is 2.52 bits per heavy atom. The Morgan fingerprint density at radius 1 is 1.28 bits per heavy atom. The summed E-state index contributed by atoms with van der Waals surface area (Å²) in [5.74, 6) is -1.15. The number of benzene rings is 2.